The summed E-state index contributed by atoms with van der Waals surface area (Å²) in [6.07, 6.45) is 2.54. The van der Waals surface area contributed by atoms with Crippen LogP contribution in [-0.4, -0.2) is 32.2 Å². The van der Waals surface area contributed by atoms with Crippen LogP contribution in [0.15, 0.2) is 71.2 Å². The maximum Gasteiger partial charge on any atom is 0.279 e. The van der Waals surface area contributed by atoms with E-state index in [9.17, 15) is 0 Å². The Morgan fingerprint density at radius 2 is 1.74 bits per heavy atom. The highest BCUT2D eigenvalue weighted by Gasteiger charge is 2.45. The van der Waals surface area contributed by atoms with Crippen LogP contribution in [0.3, 0.4) is 0 Å². The smallest absolute Gasteiger partial charge is 0.279 e. The molecular formula is C21H20BBrN2OP. The second-order valence-electron chi connectivity index (χ2n) is 6.82. The van der Waals surface area contributed by atoms with Gasteiger partial charge in [-0.15, -0.1) is 0 Å². The normalized spacial score (nSPS) is 21.9. The Labute approximate surface area is 172 Å². The summed E-state index contributed by atoms with van der Waals surface area (Å²) in [5, 5.41) is 2.42. The van der Waals surface area contributed by atoms with Crippen molar-refractivity contribution >= 4 is 49.3 Å². The largest absolute Gasteiger partial charge is 0.439 e. The fourth-order valence-electron chi connectivity index (χ4n) is 3.92. The highest BCUT2D eigenvalue weighted by molar-refractivity contribution is 9.10. The Morgan fingerprint density at radius 3 is 2.59 bits per heavy atom. The van der Waals surface area contributed by atoms with Gasteiger partial charge >= 0.3 is 0 Å². The molecule has 3 aromatic rings. The molecule has 3 radical (unpaired) electrons. The molecular weight excluding hydrogens is 418 g/mol. The highest BCUT2D eigenvalue weighted by Crippen LogP contribution is 2.57. The molecule has 2 aliphatic rings. The molecule has 3 nitrogen and oxygen atoms in total. The van der Waals surface area contributed by atoms with Crippen LogP contribution in [0.4, 0.5) is 5.69 Å². The van der Waals surface area contributed by atoms with Gasteiger partial charge in [0, 0.05) is 33.2 Å². The first kappa shape index (κ1) is 18.8. The summed E-state index contributed by atoms with van der Waals surface area (Å²) in [5.41, 5.74) is 1.25. The quantitative estimate of drug-likeness (QED) is 0.379. The monoisotopic (exact) mass is 437 g/mol. The van der Waals surface area contributed by atoms with Gasteiger partial charge in [-0.3, -0.25) is 0 Å². The van der Waals surface area contributed by atoms with Gasteiger partial charge in [0.1, 0.15) is 5.75 Å². The fraction of sp³-hybridized carbons (Fsp3) is 0.238. The molecule has 0 bridgehead atoms. The molecule has 6 heteroatoms. The number of benzene rings is 3. The van der Waals surface area contributed by atoms with Crippen molar-refractivity contribution in [2.75, 3.05) is 17.8 Å². The average Bonchev–Trinajstić information content (AvgIpc) is 3.27. The topological polar surface area (TPSA) is 15.7 Å². The first-order valence-corrected chi connectivity index (χ1v) is 11.0. The zero-order valence-corrected chi connectivity index (χ0v) is 17.4. The van der Waals surface area contributed by atoms with Crippen LogP contribution in [0.1, 0.15) is 12.8 Å². The van der Waals surface area contributed by atoms with E-state index in [1.54, 1.807) is 0 Å². The number of hydrogen-bond donors (Lipinski definition) is 0. The van der Waals surface area contributed by atoms with Gasteiger partial charge in [-0.2, -0.15) is 0 Å². The molecule has 5 rings (SSSR count). The zero-order valence-electron chi connectivity index (χ0n) is 15.0. The van der Waals surface area contributed by atoms with Gasteiger partial charge in [0.05, 0.1) is 4.47 Å². The number of nitrogens with zero attached hydrogens (tertiary/aromatic N) is 2. The molecule has 2 atom stereocenters. The third-order valence-electron chi connectivity index (χ3n) is 5.22. The number of anilines is 1. The van der Waals surface area contributed by atoms with Crippen molar-refractivity contribution in [1.29, 1.82) is 0 Å². The van der Waals surface area contributed by atoms with Crippen molar-refractivity contribution in [2.24, 2.45) is 0 Å². The van der Waals surface area contributed by atoms with E-state index in [1.165, 1.54) is 29.3 Å². The van der Waals surface area contributed by atoms with Crippen LogP contribution in [0.25, 0.3) is 10.8 Å². The van der Waals surface area contributed by atoms with E-state index in [0.29, 0.717) is 6.04 Å². The van der Waals surface area contributed by atoms with Crippen LogP contribution < -0.4 is 9.19 Å². The summed E-state index contributed by atoms with van der Waals surface area (Å²) in [6.45, 7) is 2.19. The molecule has 0 spiro atoms. The van der Waals surface area contributed by atoms with E-state index in [-0.39, 0.29) is 8.41 Å². The van der Waals surface area contributed by atoms with Crippen molar-refractivity contribution in [3.8, 4) is 5.75 Å². The van der Waals surface area contributed by atoms with Crippen LogP contribution >= 0.6 is 24.4 Å². The molecule has 2 aliphatic heterocycles. The maximum atomic E-state index is 6.66. The van der Waals surface area contributed by atoms with Crippen LogP contribution in [0, 0.1) is 0 Å². The second-order valence-corrected chi connectivity index (χ2v) is 9.30. The average molecular weight is 438 g/mol. The van der Waals surface area contributed by atoms with E-state index >= 15 is 0 Å². The molecule has 2 heterocycles. The number of halogens is 1. The third-order valence-corrected chi connectivity index (χ3v) is 8.17. The van der Waals surface area contributed by atoms with Gasteiger partial charge in [0.25, 0.3) is 8.45 Å². The lowest BCUT2D eigenvalue weighted by Gasteiger charge is -2.29. The van der Waals surface area contributed by atoms with E-state index in [1.807, 2.05) is 0 Å². The molecule has 2 saturated heterocycles. The molecule has 27 heavy (non-hydrogen) atoms. The Kier molecular flexibility index (Phi) is 5.45. The van der Waals surface area contributed by atoms with E-state index in [4.69, 9.17) is 4.52 Å². The maximum absolute atomic E-state index is 6.66. The van der Waals surface area contributed by atoms with Gasteiger partial charge < -0.3 is 9.19 Å². The van der Waals surface area contributed by atoms with Crippen molar-refractivity contribution in [3.05, 3.63) is 71.2 Å². The number of rotatable bonds is 3. The predicted molar refractivity (Wildman–Crippen MR) is 118 cm³/mol. The van der Waals surface area contributed by atoms with Crippen molar-refractivity contribution in [1.82, 2.24) is 4.67 Å². The first-order chi connectivity index (χ1) is 12.8. The molecule has 2 fully saturated rings. The molecule has 135 valence electrons. The molecule has 0 saturated carbocycles. The highest BCUT2D eigenvalue weighted by atomic mass is 79.9. The predicted octanol–water partition coefficient (Wildman–Crippen LogP) is 5.81. The minimum absolute atomic E-state index is 0. The molecule has 0 aromatic heterocycles. The minimum atomic E-state index is -0.836. The Morgan fingerprint density at radius 1 is 0.963 bits per heavy atom. The molecule has 3 aromatic carbocycles. The van der Waals surface area contributed by atoms with Gasteiger partial charge in [0.15, 0.2) is 0 Å². The number of fused-ring (bicyclic) bond motifs is 2. The summed E-state index contributed by atoms with van der Waals surface area (Å²) < 4.78 is 12.7. The minimum Gasteiger partial charge on any atom is -0.439 e. The zero-order chi connectivity index (χ0) is 17.5. The summed E-state index contributed by atoms with van der Waals surface area (Å²) in [7, 11) is -0.836. The van der Waals surface area contributed by atoms with Gasteiger partial charge in [-0.1, -0.05) is 48.5 Å². The summed E-state index contributed by atoms with van der Waals surface area (Å²) in [6, 6.07) is 24.0. The standard InChI is InChI=1S/C21H20BrN2OP.B/c22-21-19-11-5-4-7-16(19)12-13-20(21)25-26-23-14-6-10-18(23)15-24(26)17-8-2-1-3-9-17;/h1-5,7-9,11-13,18H,6,10,14-15H2;/t18-,26+;/m0./s1. The number of hydrogen-bond acceptors (Lipinski definition) is 3. The SMILES string of the molecule is Brc1c(O[P@@]2N(c3ccccc3)C[C@@H]3CCCN32)ccc2ccccc12.[B]. The lowest BCUT2D eigenvalue weighted by atomic mass is 10.1. The summed E-state index contributed by atoms with van der Waals surface area (Å²) in [4.78, 5) is 0. The molecule has 0 amide bonds. The lowest BCUT2D eigenvalue weighted by molar-refractivity contribution is 0.432. The summed E-state index contributed by atoms with van der Waals surface area (Å²) >= 11 is 3.79. The van der Waals surface area contributed by atoms with E-state index in [2.05, 4.69) is 92.0 Å². The van der Waals surface area contributed by atoms with Crippen LogP contribution in [0.2, 0.25) is 0 Å². The fourth-order valence-corrected chi connectivity index (χ4v) is 6.87. The summed E-state index contributed by atoms with van der Waals surface area (Å²) in [5.74, 6) is 0.934. The van der Waals surface area contributed by atoms with Gasteiger partial charge in [-0.25, -0.2) is 4.67 Å². The lowest BCUT2D eigenvalue weighted by Crippen LogP contribution is -2.20. The molecule has 0 aliphatic carbocycles. The van der Waals surface area contributed by atoms with Crippen molar-refractivity contribution in [2.45, 2.75) is 18.9 Å². The van der Waals surface area contributed by atoms with E-state index < -0.39 is 8.45 Å². The van der Waals surface area contributed by atoms with Gasteiger partial charge in [-0.05, 0) is 57.7 Å². The number of para-hydroxylation sites is 1. The molecule has 0 N–H and O–H groups in total. The first-order valence-electron chi connectivity index (χ1n) is 9.06. The molecule has 0 unspecified atom stereocenters. The Balaban J connectivity index is 0.00000180. The van der Waals surface area contributed by atoms with Gasteiger partial charge in [0.2, 0.25) is 0 Å². The second kappa shape index (κ2) is 7.83. The Bertz CT molecular complexity index is 942. The van der Waals surface area contributed by atoms with Crippen LogP contribution in [0.5, 0.6) is 5.75 Å². The van der Waals surface area contributed by atoms with Crippen molar-refractivity contribution in [3.63, 3.8) is 0 Å². The van der Waals surface area contributed by atoms with Crippen LogP contribution in [-0.2, 0) is 0 Å². The van der Waals surface area contributed by atoms with E-state index in [0.717, 1.165) is 23.3 Å². The third kappa shape index (κ3) is 3.37. The van der Waals surface area contributed by atoms with Crippen molar-refractivity contribution < 1.29 is 4.52 Å². The Hall–Kier alpha value is -1.55.